The smallest absolute Gasteiger partial charge is 0.293 e. The van der Waals surface area contributed by atoms with E-state index in [1.54, 1.807) is 13.0 Å². The SMILES string of the molecule is CCc1ccc(-c2cc3c(=O)n(CC(=O)NCCN(C)C)nc(C)n3n2)cc1. The maximum absolute atomic E-state index is 12.8. The topological polar surface area (TPSA) is 84.5 Å². The molecule has 0 unspecified atom stereocenters. The number of hydrogen-bond donors (Lipinski definition) is 1. The van der Waals surface area contributed by atoms with Crippen LogP contribution in [0.25, 0.3) is 16.8 Å². The van der Waals surface area contributed by atoms with Gasteiger partial charge in [0.05, 0.1) is 5.69 Å². The van der Waals surface area contributed by atoms with E-state index in [4.69, 9.17) is 0 Å². The highest BCUT2D eigenvalue weighted by molar-refractivity contribution is 5.75. The predicted molar refractivity (Wildman–Crippen MR) is 108 cm³/mol. The lowest BCUT2D eigenvalue weighted by molar-refractivity contribution is -0.121. The largest absolute Gasteiger partial charge is 0.353 e. The molecule has 0 aliphatic heterocycles. The Morgan fingerprint density at radius 2 is 1.89 bits per heavy atom. The van der Waals surface area contributed by atoms with E-state index in [0.29, 0.717) is 23.6 Å². The van der Waals surface area contributed by atoms with Gasteiger partial charge in [0.25, 0.3) is 5.56 Å². The maximum atomic E-state index is 12.8. The number of aromatic nitrogens is 4. The number of hydrogen-bond acceptors (Lipinski definition) is 5. The van der Waals surface area contributed by atoms with Crippen LogP contribution in [0.1, 0.15) is 18.3 Å². The van der Waals surface area contributed by atoms with E-state index in [2.05, 4.69) is 34.6 Å². The van der Waals surface area contributed by atoms with Crippen molar-refractivity contribution in [3.05, 3.63) is 52.1 Å². The molecule has 0 saturated heterocycles. The second-order valence-electron chi connectivity index (χ2n) is 7.04. The van der Waals surface area contributed by atoms with Crippen LogP contribution in [0.15, 0.2) is 35.1 Å². The summed E-state index contributed by atoms with van der Waals surface area (Å²) in [5.74, 6) is 0.308. The van der Waals surface area contributed by atoms with E-state index in [1.165, 1.54) is 14.8 Å². The number of benzene rings is 1. The Bertz CT molecular complexity index is 1030. The van der Waals surface area contributed by atoms with Gasteiger partial charge >= 0.3 is 0 Å². The van der Waals surface area contributed by atoms with Gasteiger partial charge in [-0.2, -0.15) is 10.2 Å². The zero-order chi connectivity index (χ0) is 20.3. The highest BCUT2D eigenvalue weighted by Gasteiger charge is 2.14. The third kappa shape index (κ3) is 4.28. The number of likely N-dealkylation sites (N-methyl/N-ethyl adjacent to an activating group) is 1. The number of aryl methyl sites for hydroxylation is 2. The highest BCUT2D eigenvalue weighted by atomic mass is 16.2. The van der Waals surface area contributed by atoms with Gasteiger partial charge in [-0.25, -0.2) is 9.20 Å². The normalized spacial score (nSPS) is 11.3. The van der Waals surface area contributed by atoms with Crippen LogP contribution in [0, 0.1) is 6.92 Å². The summed E-state index contributed by atoms with van der Waals surface area (Å²) in [7, 11) is 3.87. The van der Waals surface area contributed by atoms with Gasteiger partial charge in [-0.3, -0.25) is 9.59 Å². The fourth-order valence-corrected chi connectivity index (χ4v) is 2.95. The van der Waals surface area contributed by atoms with Crippen molar-refractivity contribution >= 4 is 11.4 Å². The lowest BCUT2D eigenvalue weighted by Gasteiger charge is -2.11. The van der Waals surface area contributed by atoms with Crippen LogP contribution in [0.2, 0.25) is 0 Å². The molecule has 8 nitrogen and oxygen atoms in total. The predicted octanol–water partition coefficient (Wildman–Crippen LogP) is 1.11. The van der Waals surface area contributed by atoms with Gasteiger partial charge in [-0.15, -0.1) is 0 Å². The molecule has 1 amide bonds. The first-order valence-corrected chi connectivity index (χ1v) is 9.37. The molecule has 0 aliphatic carbocycles. The molecule has 1 N–H and O–H groups in total. The van der Waals surface area contributed by atoms with E-state index in [9.17, 15) is 9.59 Å². The van der Waals surface area contributed by atoms with Crippen molar-refractivity contribution in [1.82, 2.24) is 29.6 Å². The quantitative estimate of drug-likeness (QED) is 0.662. The standard InChI is InChI=1S/C20H26N6O2/c1-5-15-6-8-16(9-7-15)17-12-18-20(28)25(22-14(2)26(18)23-17)13-19(27)21-10-11-24(3)4/h6-9,12H,5,10-11,13H2,1-4H3,(H,21,27). The molecule has 2 aromatic heterocycles. The first-order valence-electron chi connectivity index (χ1n) is 9.37. The van der Waals surface area contributed by atoms with Crippen molar-refractivity contribution in [1.29, 1.82) is 0 Å². The molecular weight excluding hydrogens is 356 g/mol. The molecule has 0 saturated carbocycles. The third-order valence-electron chi connectivity index (χ3n) is 4.57. The van der Waals surface area contributed by atoms with Gasteiger partial charge in [-0.05, 0) is 39.1 Å². The van der Waals surface area contributed by atoms with Crippen molar-refractivity contribution in [2.45, 2.75) is 26.8 Å². The van der Waals surface area contributed by atoms with Crippen molar-refractivity contribution in [2.24, 2.45) is 0 Å². The first kappa shape index (κ1) is 19.8. The number of nitrogens with one attached hydrogen (secondary N) is 1. The minimum absolute atomic E-state index is 0.116. The van der Waals surface area contributed by atoms with Crippen molar-refractivity contribution in [3.63, 3.8) is 0 Å². The van der Waals surface area contributed by atoms with Crippen LogP contribution in [0.3, 0.4) is 0 Å². The van der Waals surface area contributed by atoms with E-state index in [-0.39, 0.29) is 18.0 Å². The fourth-order valence-electron chi connectivity index (χ4n) is 2.95. The maximum Gasteiger partial charge on any atom is 0.293 e. The molecule has 148 valence electrons. The molecule has 0 spiro atoms. The molecule has 0 atom stereocenters. The summed E-state index contributed by atoms with van der Waals surface area (Å²) >= 11 is 0. The van der Waals surface area contributed by atoms with Crippen LogP contribution in [-0.2, 0) is 17.8 Å². The van der Waals surface area contributed by atoms with Gasteiger partial charge in [0.1, 0.15) is 17.9 Å². The summed E-state index contributed by atoms with van der Waals surface area (Å²) in [6, 6.07) is 9.86. The molecular formula is C20H26N6O2. The minimum atomic E-state index is -0.336. The van der Waals surface area contributed by atoms with E-state index >= 15 is 0 Å². The summed E-state index contributed by atoms with van der Waals surface area (Å²) in [6.07, 6.45) is 0.968. The molecule has 3 aromatic rings. The Balaban J connectivity index is 1.87. The average Bonchev–Trinajstić information content (AvgIpc) is 3.12. The van der Waals surface area contributed by atoms with E-state index in [1.807, 2.05) is 31.1 Å². The number of carbonyl (C=O) groups is 1. The molecule has 1 aromatic carbocycles. The van der Waals surface area contributed by atoms with Crippen LogP contribution in [-0.4, -0.2) is 57.4 Å². The van der Waals surface area contributed by atoms with Gasteiger partial charge < -0.3 is 10.2 Å². The van der Waals surface area contributed by atoms with Gasteiger partial charge in [0.15, 0.2) is 0 Å². The van der Waals surface area contributed by atoms with Crippen LogP contribution < -0.4 is 10.9 Å². The van der Waals surface area contributed by atoms with Gasteiger partial charge in [-0.1, -0.05) is 31.2 Å². The number of rotatable bonds is 7. The van der Waals surface area contributed by atoms with Gasteiger partial charge in [0.2, 0.25) is 5.91 Å². The lowest BCUT2D eigenvalue weighted by atomic mass is 10.1. The Morgan fingerprint density at radius 1 is 1.18 bits per heavy atom. The van der Waals surface area contributed by atoms with Crippen LogP contribution in [0.5, 0.6) is 0 Å². The Morgan fingerprint density at radius 3 is 2.54 bits per heavy atom. The summed E-state index contributed by atoms with van der Waals surface area (Å²) in [4.78, 5) is 26.9. The van der Waals surface area contributed by atoms with Crippen LogP contribution >= 0.6 is 0 Å². The van der Waals surface area contributed by atoms with E-state index < -0.39 is 0 Å². The zero-order valence-corrected chi connectivity index (χ0v) is 16.8. The number of amides is 1. The molecule has 3 rings (SSSR count). The lowest BCUT2D eigenvalue weighted by Crippen LogP contribution is -2.37. The average molecular weight is 382 g/mol. The fraction of sp³-hybridized carbons (Fsp3) is 0.400. The molecule has 0 bridgehead atoms. The Labute approximate surface area is 163 Å². The number of carbonyl (C=O) groups excluding carboxylic acids is 1. The third-order valence-corrected chi connectivity index (χ3v) is 4.57. The first-order chi connectivity index (χ1) is 13.4. The Hall–Kier alpha value is -3.00. The van der Waals surface area contributed by atoms with E-state index in [0.717, 1.165) is 18.5 Å². The second kappa shape index (κ2) is 8.35. The molecule has 0 fully saturated rings. The van der Waals surface area contributed by atoms with Crippen molar-refractivity contribution in [2.75, 3.05) is 27.2 Å². The zero-order valence-electron chi connectivity index (χ0n) is 16.8. The molecule has 2 heterocycles. The second-order valence-corrected chi connectivity index (χ2v) is 7.04. The molecule has 0 aliphatic rings. The summed E-state index contributed by atoms with van der Waals surface area (Å²) in [6.45, 7) is 5.01. The summed E-state index contributed by atoms with van der Waals surface area (Å²) in [5, 5.41) is 11.6. The number of nitrogens with zero attached hydrogens (tertiary/aromatic N) is 5. The Kier molecular flexibility index (Phi) is 5.89. The van der Waals surface area contributed by atoms with Gasteiger partial charge in [0, 0.05) is 18.7 Å². The summed E-state index contributed by atoms with van der Waals surface area (Å²) < 4.78 is 2.73. The van der Waals surface area contributed by atoms with Crippen LogP contribution in [0.4, 0.5) is 0 Å². The highest BCUT2D eigenvalue weighted by Crippen LogP contribution is 2.19. The summed E-state index contributed by atoms with van der Waals surface area (Å²) in [5.41, 5.74) is 2.96. The minimum Gasteiger partial charge on any atom is -0.353 e. The molecule has 8 heteroatoms. The van der Waals surface area contributed by atoms with Crippen molar-refractivity contribution in [3.8, 4) is 11.3 Å². The van der Waals surface area contributed by atoms with Crippen molar-refractivity contribution < 1.29 is 4.79 Å². The number of fused-ring (bicyclic) bond motifs is 1. The molecule has 0 radical (unpaired) electrons. The molecule has 28 heavy (non-hydrogen) atoms. The monoisotopic (exact) mass is 382 g/mol.